The molecule has 21 nitrogen and oxygen atoms in total. The van der Waals surface area contributed by atoms with Gasteiger partial charge in [0.2, 0.25) is 35.4 Å². The Bertz CT molecular complexity index is 2450. The summed E-state index contributed by atoms with van der Waals surface area (Å²) >= 11 is 6.12. The van der Waals surface area contributed by atoms with Crippen molar-refractivity contribution in [1.82, 2.24) is 36.9 Å². The quantitative estimate of drug-likeness (QED) is 0.0435. The molecule has 23 heteroatoms. The highest BCUT2D eigenvalue weighted by molar-refractivity contribution is 7.51. The highest BCUT2D eigenvalue weighted by atomic mass is 35.5. The maximum atomic E-state index is 14.3. The lowest BCUT2D eigenvalue weighted by atomic mass is 10.00. The average molecular weight is 956 g/mol. The molecular formula is C43H51ClN7O14P. The summed E-state index contributed by atoms with van der Waals surface area (Å²) < 4.78 is 11.7. The van der Waals surface area contributed by atoms with E-state index in [1.54, 1.807) is 54.7 Å². The fraction of sp³-hybridized carbons (Fsp3) is 0.349. The van der Waals surface area contributed by atoms with Crippen molar-refractivity contribution in [2.45, 2.75) is 87.9 Å². The van der Waals surface area contributed by atoms with E-state index in [0.29, 0.717) is 27.1 Å². The minimum Gasteiger partial charge on any atom is -0.481 e. The van der Waals surface area contributed by atoms with Crippen LogP contribution in [-0.2, 0) is 62.2 Å². The Morgan fingerprint density at radius 1 is 0.636 bits per heavy atom. The zero-order valence-electron chi connectivity index (χ0n) is 35.7. The van der Waals surface area contributed by atoms with E-state index in [0.717, 1.165) is 6.92 Å². The van der Waals surface area contributed by atoms with Crippen LogP contribution in [0, 0.1) is 0 Å². The van der Waals surface area contributed by atoms with E-state index < -0.39 is 110 Å². The Labute approximate surface area is 382 Å². The molecule has 0 saturated carbocycles. The van der Waals surface area contributed by atoms with Crippen molar-refractivity contribution < 1.29 is 68.0 Å². The van der Waals surface area contributed by atoms with Gasteiger partial charge in [-0.25, -0.2) is 0 Å². The molecule has 66 heavy (non-hydrogen) atoms. The number of rotatable bonds is 24. The monoisotopic (exact) mass is 955 g/mol. The van der Waals surface area contributed by atoms with Crippen LogP contribution in [0.5, 0.6) is 0 Å². The van der Waals surface area contributed by atoms with Crippen molar-refractivity contribution in [3.8, 4) is 0 Å². The third kappa shape index (κ3) is 15.8. The molecule has 3 aromatic carbocycles. The van der Waals surface area contributed by atoms with Crippen molar-refractivity contribution in [2.24, 2.45) is 0 Å². The molecule has 0 spiro atoms. The molecule has 354 valence electrons. The second kappa shape index (κ2) is 24.0. The molecule has 1 aromatic heterocycles. The van der Waals surface area contributed by atoms with Crippen LogP contribution >= 0.6 is 19.2 Å². The molecule has 12 N–H and O–H groups in total. The van der Waals surface area contributed by atoms with Gasteiger partial charge in [0, 0.05) is 68.2 Å². The SMILES string of the molecule is CNC(=O)[C@H](Cc1c[nH]c2cc(Cl)ccc12)NC(=O)[C@H](CCC(=O)O)NC(=O)[C@H](Cc1ccccc1)NC(=O)[C@H](Cc1ccc(C(O)P(=O)(O)O)cc1)NC(=O)[C@H](CCC(=O)O)NC(C)=O. The third-order valence-electron chi connectivity index (χ3n) is 10.2. The van der Waals surface area contributed by atoms with Gasteiger partial charge in [0.05, 0.1) is 0 Å². The predicted molar refractivity (Wildman–Crippen MR) is 237 cm³/mol. The summed E-state index contributed by atoms with van der Waals surface area (Å²) in [6, 6.07) is 11.0. The molecule has 6 amide bonds. The smallest absolute Gasteiger partial charge is 0.358 e. The number of likely N-dealkylation sites (N-methyl/N-ethyl adjacent to an activating group) is 1. The molecule has 6 atom stereocenters. The topological polar surface area (TPSA) is 343 Å². The molecule has 1 heterocycles. The number of aliphatic hydroxyl groups excluding tert-OH is 1. The van der Waals surface area contributed by atoms with Gasteiger partial charge in [-0.05, 0) is 47.2 Å². The van der Waals surface area contributed by atoms with Crippen molar-refractivity contribution in [3.63, 3.8) is 0 Å². The van der Waals surface area contributed by atoms with Gasteiger partial charge in [-0.3, -0.25) is 42.9 Å². The van der Waals surface area contributed by atoms with Crippen molar-refractivity contribution in [2.75, 3.05) is 7.05 Å². The predicted octanol–water partition coefficient (Wildman–Crippen LogP) is 0.937. The standard InChI is InChI=1S/C43H51ClN7O14P/c1-23(52)47-30(14-16-36(53)54)39(58)49-34(19-25-8-10-26(11-9-25)43(62)66(63,64)65)42(61)50-33(18-24-6-4-3-5-7-24)41(60)48-31(15-17-37(55)56)40(59)51-35(38(57)45-2)20-27-22-46-32-21-28(44)12-13-29(27)32/h3-13,21-22,30-31,33-35,43,46,62H,14-20H2,1-2H3,(H,45,57)(H,47,52)(H,48,60)(H,49,58)(H,50,61)(H,51,59)(H,53,54)(H,55,56)(H2,63,64,65)/t30-,31-,33-,34-,35-,43?/m0/s1. The largest absolute Gasteiger partial charge is 0.481 e. The van der Waals surface area contributed by atoms with Crippen molar-refractivity contribution in [1.29, 1.82) is 0 Å². The van der Waals surface area contributed by atoms with Gasteiger partial charge in [-0.15, -0.1) is 0 Å². The van der Waals surface area contributed by atoms with Crippen molar-refractivity contribution >= 4 is 77.5 Å². The van der Waals surface area contributed by atoms with Gasteiger partial charge < -0.3 is 62.0 Å². The Balaban J connectivity index is 1.66. The number of carboxylic acids is 2. The number of H-pyrrole nitrogens is 1. The number of aromatic nitrogens is 1. The summed E-state index contributed by atoms with van der Waals surface area (Å²) in [6.45, 7) is 1.09. The Kier molecular flexibility index (Phi) is 18.9. The molecule has 0 aliphatic rings. The van der Waals surface area contributed by atoms with Gasteiger partial charge in [0.15, 0.2) is 5.85 Å². The van der Waals surface area contributed by atoms with Crippen LogP contribution < -0.4 is 31.9 Å². The van der Waals surface area contributed by atoms with Gasteiger partial charge in [-0.2, -0.15) is 0 Å². The fourth-order valence-corrected chi connectivity index (χ4v) is 7.60. The number of hydrogen-bond acceptors (Lipinski definition) is 10. The summed E-state index contributed by atoms with van der Waals surface area (Å²) in [5.41, 5.74) is 1.93. The lowest BCUT2D eigenvalue weighted by Crippen LogP contribution is -2.60. The van der Waals surface area contributed by atoms with E-state index in [4.69, 9.17) is 11.6 Å². The minimum atomic E-state index is -4.96. The average Bonchev–Trinajstić information content (AvgIpc) is 3.66. The summed E-state index contributed by atoms with van der Waals surface area (Å²) in [5, 5.41) is 45.1. The first-order chi connectivity index (χ1) is 31.1. The molecule has 0 saturated heterocycles. The van der Waals surface area contributed by atoms with Crippen LogP contribution in [0.1, 0.15) is 60.7 Å². The lowest BCUT2D eigenvalue weighted by molar-refractivity contribution is -0.139. The molecular weight excluding hydrogens is 905 g/mol. The summed E-state index contributed by atoms with van der Waals surface area (Å²) in [7, 11) is -3.61. The molecule has 0 aliphatic carbocycles. The number of amides is 6. The van der Waals surface area contributed by atoms with E-state index in [1.807, 2.05) is 0 Å². The maximum Gasteiger partial charge on any atom is 0.358 e. The number of aromatic amines is 1. The van der Waals surface area contributed by atoms with Crippen LogP contribution in [-0.4, -0.2) is 115 Å². The normalized spacial score (nSPS) is 14.0. The van der Waals surface area contributed by atoms with E-state index in [-0.39, 0.29) is 36.8 Å². The minimum absolute atomic E-state index is 0.0292. The van der Waals surface area contributed by atoms with Crippen molar-refractivity contribution in [3.05, 3.63) is 106 Å². The second-order valence-corrected chi connectivity index (χ2v) is 17.4. The Hall–Kier alpha value is -6.64. The maximum absolute atomic E-state index is 14.3. The molecule has 0 bridgehead atoms. The number of carboxylic acid groups (broad SMARTS) is 2. The number of carbonyl (C=O) groups is 8. The lowest BCUT2D eigenvalue weighted by Gasteiger charge is -2.27. The van der Waals surface area contributed by atoms with Gasteiger partial charge >= 0.3 is 19.5 Å². The molecule has 0 aliphatic heterocycles. The number of aliphatic hydroxyl groups is 1. The highest BCUT2D eigenvalue weighted by Gasteiger charge is 2.34. The van der Waals surface area contributed by atoms with E-state index in [1.165, 1.54) is 31.3 Å². The Morgan fingerprint density at radius 3 is 1.59 bits per heavy atom. The zero-order chi connectivity index (χ0) is 48.7. The first-order valence-corrected chi connectivity index (χ1v) is 22.5. The number of benzene rings is 3. The van der Waals surface area contributed by atoms with E-state index in [2.05, 4.69) is 36.9 Å². The van der Waals surface area contributed by atoms with E-state index >= 15 is 0 Å². The van der Waals surface area contributed by atoms with Crippen LogP contribution in [0.3, 0.4) is 0 Å². The van der Waals surface area contributed by atoms with Gasteiger partial charge in [0.25, 0.3) is 0 Å². The molecule has 1 unspecified atom stereocenters. The summed E-state index contributed by atoms with van der Waals surface area (Å²) in [6.07, 6.45) is -0.922. The van der Waals surface area contributed by atoms with Crippen LogP contribution in [0.2, 0.25) is 5.02 Å². The Morgan fingerprint density at radius 2 is 1.11 bits per heavy atom. The molecule has 4 aromatic rings. The number of hydrogen-bond donors (Lipinski definition) is 12. The third-order valence-corrected chi connectivity index (χ3v) is 11.4. The number of nitrogens with one attached hydrogen (secondary N) is 7. The summed E-state index contributed by atoms with van der Waals surface area (Å²) in [4.78, 5) is 126. The molecule has 0 radical (unpaired) electrons. The molecule has 0 fully saturated rings. The zero-order valence-corrected chi connectivity index (χ0v) is 37.3. The number of carbonyl (C=O) groups excluding carboxylic acids is 6. The first kappa shape index (κ1) is 52.0. The highest BCUT2D eigenvalue weighted by Crippen LogP contribution is 2.49. The van der Waals surface area contributed by atoms with Crippen LogP contribution in [0.4, 0.5) is 0 Å². The molecule has 4 rings (SSSR count). The number of halogens is 1. The second-order valence-electron chi connectivity index (χ2n) is 15.3. The van der Waals surface area contributed by atoms with E-state index in [9.17, 15) is 68.0 Å². The summed E-state index contributed by atoms with van der Waals surface area (Å²) in [5.74, 6) is -9.90. The number of fused-ring (bicyclic) bond motifs is 1. The fourth-order valence-electron chi connectivity index (χ4n) is 6.86. The van der Waals surface area contributed by atoms with Gasteiger partial charge in [-0.1, -0.05) is 72.3 Å². The van der Waals surface area contributed by atoms with Gasteiger partial charge in [0.1, 0.15) is 30.2 Å². The van der Waals surface area contributed by atoms with Crippen LogP contribution in [0.25, 0.3) is 10.9 Å². The van der Waals surface area contributed by atoms with Crippen LogP contribution in [0.15, 0.2) is 79.0 Å². The first-order valence-electron chi connectivity index (χ1n) is 20.4. The number of aliphatic carboxylic acids is 2.